The summed E-state index contributed by atoms with van der Waals surface area (Å²) in [6.45, 7) is 0. The first-order valence-corrected chi connectivity index (χ1v) is 6.68. The average Bonchev–Trinajstić information content (AvgIpc) is 2.53. The van der Waals surface area contributed by atoms with Gasteiger partial charge in [-0.15, -0.1) is 0 Å². The highest BCUT2D eigenvalue weighted by atomic mass is 16.5. The molecule has 1 aliphatic rings. The van der Waals surface area contributed by atoms with Gasteiger partial charge in [-0.25, -0.2) is 0 Å². The summed E-state index contributed by atoms with van der Waals surface area (Å²) in [5.41, 5.74) is 7.86. The first-order valence-electron chi connectivity index (χ1n) is 6.68. The lowest BCUT2D eigenvalue weighted by atomic mass is 9.83. The summed E-state index contributed by atoms with van der Waals surface area (Å²) in [5, 5.41) is 19.1. The van der Waals surface area contributed by atoms with Gasteiger partial charge in [-0.1, -0.05) is 18.2 Å². The van der Waals surface area contributed by atoms with E-state index in [0.29, 0.717) is 17.1 Å². The lowest BCUT2D eigenvalue weighted by Crippen LogP contribution is -2.20. The van der Waals surface area contributed by atoms with Gasteiger partial charge in [0.2, 0.25) is 5.88 Å². The van der Waals surface area contributed by atoms with Gasteiger partial charge in [-0.05, 0) is 23.8 Å². The van der Waals surface area contributed by atoms with Crippen molar-refractivity contribution in [2.75, 3.05) is 7.11 Å². The fraction of sp³-hybridized carbons (Fsp3) is 0.118. The molecule has 110 valence electrons. The molecule has 0 fully saturated rings. The molecule has 0 aliphatic carbocycles. The van der Waals surface area contributed by atoms with E-state index in [-0.39, 0.29) is 17.6 Å². The van der Waals surface area contributed by atoms with Crippen molar-refractivity contribution in [2.45, 2.75) is 5.92 Å². The number of fused-ring (bicyclic) bond motifs is 1. The van der Waals surface area contributed by atoms with Crippen LogP contribution in [0.4, 0.5) is 0 Å². The number of aromatic hydroxyl groups is 1. The van der Waals surface area contributed by atoms with Gasteiger partial charge in [-0.3, -0.25) is 0 Å². The Bertz CT molecular complexity index is 806. The second-order valence-electron chi connectivity index (χ2n) is 4.92. The number of rotatable bonds is 2. The van der Waals surface area contributed by atoms with Gasteiger partial charge >= 0.3 is 0 Å². The summed E-state index contributed by atoms with van der Waals surface area (Å²) < 4.78 is 10.7. The Morgan fingerprint density at radius 2 is 2.09 bits per heavy atom. The Morgan fingerprint density at radius 3 is 2.82 bits per heavy atom. The van der Waals surface area contributed by atoms with Crippen molar-refractivity contribution in [3.8, 4) is 23.3 Å². The van der Waals surface area contributed by atoms with Gasteiger partial charge in [-0.2, -0.15) is 5.26 Å². The van der Waals surface area contributed by atoms with Gasteiger partial charge < -0.3 is 20.3 Å². The van der Waals surface area contributed by atoms with Gasteiger partial charge in [0.25, 0.3) is 0 Å². The molecule has 0 amide bonds. The third-order valence-electron chi connectivity index (χ3n) is 3.63. The van der Waals surface area contributed by atoms with E-state index in [1.165, 1.54) is 6.07 Å². The summed E-state index contributed by atoms with van der Waals surface area (Å²) in [6, 6.07) is 14.4. The van der Waals surface area contributed by atoms with Crippen LogP contribution in [0, 0.1) is 11.3 Å². The summed E-state index contributed by atoms with van der Waals surface area (Å²) in [5.74, 6) is 0.915. The van der Waals surface area contributed by atoms with E-state index in [4.69, 9.17) is 15.2 Å². The highest BCUT2D eigenvalue weighted by molar-refractivity contribution is 5.57. The van der Waals surface area contributed by atoms with Crippen molar-refractivity contribution in [1.82, 2.24) is 0 Å². The molecule has 0 aromatic heterocycles. The zero-order chi connectivity index (χ0) is 15.7. The number of nitrogens with zero attached hydrogens (tertiary/aromatic N) is 1. The van der Waals surface area contributed by atoms with Gasteiger partial charge in [0, 0.05) is 11.6 Å². The van der Waals surface area contributed by atoms with Crippen LogP contribution in [-0.4, -0.2) is 12.2 Å². The van der Waals surface area contributed by atoms with Crippen molar-refractivity contribution >= 4 is 0 Å². The van der Waals surface area contributed by atoms with Crippen LogP contribution >= 0.6 is 0 Å². The molecule has 0 unspecified atom stereocenters. The zero-order valence-corrected chi connectivity index (χ0v) is 11.9. The maximum atomic E-state index is 9.61. The molecule has 2 aromatic carbocycles. The number of nitriles is 1. The molecule has 0 spiro atoms. The minimum absolute atomic E-state index is 0.0495. The SMILES string of the molecule is COc1cccc([C@H]2C(C#N)=C(N)Oc3cc(O)ccc32)c1. The fourth-order valence-corrected chi connectivity index (χ4v) is 2.61. The van der Waals surface area contributed by atoms with Gasteiger partial charge in [0.1, 0.15) is 28.9 Å². The Labute approximate surface area is 127 Å². The summed E-state index contributed by atoms with van der Waals surface area (Å²) in [7, 11) is 1.59. The quantitative estimate of drug-likeness (QED) is 0.888. The molecule has 5 heteroatoms. The van der Waals surface area contributed by atoms with E-state index in [1.807, 2.05) is 24.3 Å². The number of hydrogen-bond acceptors (Lipinski definition) is 5. The van der Waals surface area contributed by atoms with E-state index in [0.717, 1.165) is 11.1 Å². The molecule has 3 N–H and O–H groups in total. The molecular formula is C17H14N2O3. The number of phenolic OH excluding ortho intramolecular Hbond substituents is 1. The molecule has 2 aromatic rings. The molecular weight excluding hydrogens is 280 g/mol. The second-order valence-corrected chi connectivity index (χ2v) is 4.92. The number of methoxy groups -OCH3 is 1. The zero-order valence-electron chi connectivity index (χ0n) is 11.9. The monoisotopic (exact) mass is 294 g/mol. The highest BCUT2D eigenvalue weighted by Gasteiger charge is 2.30. The molecule has 22 heavy (non-hydrogen) atoms. The normalized spacial score (nSPS) is 16.5. The van der Waals surface area contributed by atoms with Crippen molar-refractivity contribution in [3.63, 3.8) is 0 Å². The van der Waals surface area contributed by atoms with Crippen molar-refractivity contribution in [2.24, 2.45) is 5.73 Å². The van der Waals surface area contributed by atoms with Gasteiger partial charge in [0.05, 0.1) is 13.0 Å². The van der Waals surface area contributed by atoms with E-state index in [2.05, 4.69) is 6.07 Å². The van der Waals surface area contributed by atoms with E-state index >= 15 is 0 Å². The fourth-order valence-electron chi connectivity index (χ4n) is 2.61. The third kappa shape index (κ3) is 2.21. The molecule has 5 nitrogen and oxygen atoms in total. The summed E-state index contributed by atoms with van der Waals surface area (Å²) >= 11 is 0. The maximum absolute atomic E-state index is 9.61. The van der Waals surface area contributed by atoms with Gasteiger partial charge in [0.15, 0.2) is 0 Å². The number of allylic oxidation sites excluding steroid dienone is 1. The molecule has 0 bridgehead atoms. The van der Waals surface area contributed by atoms with Crippen LogP contribution in [0.1, 0.15) is 17.0 Å². The third-order valence-corrected chi connectivity index (χ3v) is 3.63. The minimum Gasteiger partial charge on any atom is -0.508 e. The van der Waals surface area contributed by atoms with Crippen LogP contribution in [0.25, 0.3) is 0 Å². The van der Waals surface area contributed by atoms with Crippen molar-refractivity contribution < 1.29 is 14.6 Å². The molecule has 1 atom stereocenters. The lowest BCUT2D eigenvalue weighted by molar-refractivity contribution is 0.387. The predicted molar refractivity (Wildman–Crippen MR) is 80.4 cm³/mol. The number of hydrogen-bond donors (Lipinski definition) is 2. The lowest BCUT2D eigenvalue weighted by Gasteiger charge is -2.26. The predicted octanol–water partition coefficient (Wildman–Crippen LogP) is 2.62. The number of nitrogens with two attached hydrogens (primary N) is 1. The number of benzene rings is 2. The maximum Gasteiger partial charge on any atom is 0.205 e. The van der Waals surface area contributed by atoms with Crippen molar-refractivity contribution in [3.05, 3.63) is 65.0 Å². The standard InChI is InChI=1S/C17H14N2O3/c1-21-12-4-2-3-10(7-12)16-13-6-5-11(20)8-15(13)22-17(19)14(16)9-18/h2-8,16,20H,19H2,1H3/t16-/m1/s1. The first-order chi connectivity index (χ1) is 10.6. The summed E-state index contributed by atoms with van der Waals surface area (Å²) in [6.07, 6.45) is 0. The van der Waals surface area contributed by atoms with Crippen LogP contribution in [0.5, 0.6) is 17.2 Å². The Balaban J connectivity index is 2.21. The van der Waals surface area contributed by atoms with E-state index < -0.39 is 0 Å². The largest absolute Gasteiger partial charge is 0.508 e. The Morgan fingerprint density at radius 1 is 1.27 bits per heavy atom. The molecule has 1 aliphatic heterocycles. The summed E-state index contributed by atoms with van der Waals surface area (Å²) in [4.78, 5) is 0. The Hall–Kier alpha value is -3.13. The molecule has 3 rings (SSSR count). The molecule has 1 heterocycles. The highest BCUT2D eigenvalue weighted by Crippen LogP contribution is 2.43. The van der Waals surface area contributed by atoms with Crippen molar-refractivity contribution in [1.29, 1.82) is 5.26 Å². The Kier molecular flexibility index (Phi) is 3.36. The van der Waals surface area contributed by atoms with Crippen LogP contribution in [0.15, 0.2) is 53.9 Å². The van der Waals surface area contributed by atoms with Crippen LogP contribution < -0.4 is 15.2 Å². The second kappa shape index (κ2) is 5.34. The van der Waals surface area contributed by atoms with Crippen LogP contribution in [0.2, 0.25) is 0 Å². The first kappa shape index (κ1) is 13.8. The smallest absolute Gasteiger partial charge is 0.205 e. The topological polar surface area (TPSA) is 88.5 Å². The van der Waals surface area contributed by atoms with E-state index in [1.54, 1.807) is 19.2 Å². The molecule has 0 saturated heterocycles. The molecule has 0 saturated carbocycles. The molecule has 0 radical (unpaired) electrons. The average molecular weight is 294 g/mol. The number of ether oxygens (including phenoxy) is 2. The number of phenols is 1. The van der Waals surface area contributed by atoms with Crippen LogP contribution in [-0.2, 0) is 0 Å². The minimum atomic E-state index is -0.357. The van der Waals surface area contributed by atoms with E-state index in [9.17, 15) is 10.4 Å². The van der Waals surface area contributed by atoms with Crippen LogP contribution in [0.3, 0.4) is 0 Å².